The number of hydrogen-bond donors (Lipinski definition) is 0. The highest BCUT2D eigenvalue weighted by Crippen LogP contribution is 2.25. The number of hydrogen-bond acceptors (Lipinski definition) is 8. The van der Waals surface area contributed by atoms with Gasteiger partial charge in [-0.25, -0.2) is 17.8 Å². The van der Waals surface area contributed by atoms with Crippen molar-refractivity contribution >= 4 is 44.4 Å². The minimum absolute atomic E-state index is 0.00783. The lowest BCUT2D eigenvalue weighted by Gasteiger charge is -2.26. The van der Waals surface area contributed by atoms with Crippen molar-refractivity contribution in [2.45, 2.75) is 24.5 Å². The maximum atomic E-state index is 14.6. The summed E-state index contributed by atoms with van der Waals surface area (Å²) >= 11 is 0.886. The van der Waals surface area contributed by atoms with Crippen LogP contribution in [0.1, 0.15) is 23.7 Å². The van der Waals surface area contributed by atoms with Gasteiger partial charge in [-0.15, -0.1) is 0 Å². The second kappa shape index (κ2) is 9.78. The standard InChI is InChI=1S/C23H22FN3O6S2/c1-2-26(15-9-10-35(32,33)13-15)20(28)12-34-23-25-18-11-14(22(30)31)7-8-16(18)21(29)27(23)19-6-4-3-5-17(19)24/h3-8,11,15H,2,9-10,12-13H2,1H3,(H,30,31)/p-1/t15-/m1/s1. The lowest BCUT2D eigenvalue weighted by atomic mass is 10.1. The number of para-hydroxylation sites is 1. The van der Waals surface area contributed by atoms with Crippen molar-refractivity contribution in [3.63, 3.8) is 0 Å². The van der Waals surface area contributed by atoms with E-state index in [0.29, 0.717) is 13.0 Å². The summed E-state index contributed by atoms with van der Waals surface area (Å²) in [5, 5.41) is 11.3. The second-order valence-corrected chi connectivity index (χ2v) is 11.2. The number of carbonyl (C=O) groups is 2. The topological polar surface area (TPSA) is 129 Å². The number of amides is 1. The maximum Gasteiger partial charge on any atom is 0.266 e. The Hall–Kier alpha value is -3.25. The normalized spacial score (nSPS) is 16.9. The monoisotopic (exact) mass is 518 g/mol. The smallest absolute Gasteiger partial charge is 0.266 e. The Kier molecular flexibility index (Phi) is 6.95. The first-order valence-electron chi connectivity index (χ1n) is 10.8. The van der Waals surface area contributed by atoms with Gasteiger partial charge in [-0.2, -0.15) is 0 Å². The van der Waals surface area contributed by atoms with Crippen molar-refractivity contribution in [3.05, 3.63) is 64.2 Å². The van der Waals surface area contributed by atoms with Gasteiger partial charge >= 0.3 is 0 Å². The lowest BCUT2D eigenvalue weighted by Crippen LogP contribution is -2.42. The van der Waals surface area contributed by atoms with E-state index in [4.69, 9.17) is 0 Å². The highest BCUT2D eigenvalue weighted by molar-refractivity contribution is 7.99. The van der Waals surface area contributed by atoms with Gasteiger partial charge in [0, 0.05) is 12.6 Å². The first kappa shape index (κ1) is 24.9. The number of aromatic nitrogens is 2. The van der Waals surface area contributed by atoms with E-state index >= 15 is 0 Å². The van der Waals surface area contributed by atoms with Crippen LogP contribution >= 0.6 is 11.8 Å². The molecule has 4 rings (SSSR count). The van der Waals surface area contributed by atoms with Crippen LogP contribution in [0.3, 0.4) is 0 Å². The van der Waals surface area contributed by atoms with E-state index < -0.39 is 33.2 Å². The molecule has 2 heterocycles. The number of benzene rings is 2. The summed E-state index contributed by atoms with van der Waals surface area (Å²) in [5.41, 5.74) is -0.817. The number of sulfone groups is 1. The molecule has 1 aliphatic heterocycles. The molecule has 0 spiro atoms. The quantitative estimate of drug-likeness (QED) is 0.335. The molecule has 0 unspecified atom stereocenters. The number of aromatic carboxylic acids is 1. The Bertz CT molecular complexity index is 1490. The van der Waals surface area contributed by atoms with Crippen LogP contribution in [0.25, 0.3) is 16.6 Å². The maximum absolute atomic E-state index is 14.6. The van der Waals surface area contributed by atoms with Crippen LogP contribution in [0.2, 0.25) is 0 Å². The zero-order valence-electron chi connectivity index (χ0n) is 18.6. The molecule has 2 aromatic carbocycles. The molecule has 184 valence electrons. The SMILES string of the molecule is CCN(C(=O)CSc1nc2cc(C(=O)[O-])ccc2c(=O)n1-c1ccccc1F)[C@@H]1CCS(=O)(=O)C1. The molecule has 0 N–H and O–H groups in total. The highest BCUT2D eigenvalue weighted by atomic mass is 32.2. The van der Waals surface area contributed by atoms with Gasteiger partial charge in [-0.3, -0.25) is 14.2 Å². The van der Waals surface area contributed by atoms with Crippen LogP contribution in [-0.4, -0.2) is 64.6 Å². The number of halogens is 1. The third-order valence-electron chi connectivity index (χ3n) is 5.80. The number of fused-ring (bicyclic) bond motifs is 1. The number of carboxylic acid groups (broad SMARTS) is 1. The minimum Gasteiger partial charge on any atom is -0.545 e. The molecule has 1 aromatic heterocycles. The Labute approximate surface area is 204 Å². The molecule has 0 radical (unpaired) electrons. The van der Waals surface area contributed by atoms with Gasteiger partial charge in [-0.05, 0) is 43.2 Å². The molecule has 9 nitrogen and oxygen atoms in total. The van der Waals surface area contributed by atoms with Crippen molar-refractivity contribution < 1.29 is 27.5 Å². The third-order valence-corrected chi connectivity index (χ3v) is 8.48. The largest absolute Gasteiger partial charge is 0.545 e. The molecule has 35 heavy (non-hydrogen) atoms. The molecule has 0 saturated carbocycles. The molecular weight excluding hydrogens is 497 g/mol. The van der Waals surface area contributed by atoms with E-state index in [1.807, 2.05) is 0 Å². The fourth-order valence-corrected chi connectivity index (χ4v) is 6.73. The summed E-state index contributed by atoms with van der Waals surface area (Å²) in [6.45, 7) is 2.05. The molecular formula is C23H21FN3O6S2-. The molecule has 1 fully saturated rings. The zero-order valence-corrected chi connectivity index (χ0v) is 20.3. The van der Waals surface area contributed by atoms with E-state index in [1.165, 1.54) is 41.3 Å². The first-order chi connectivity index (χ1) is 16.6. The molecule has 1 saturated heterocycles. The van der Waals surface area contributed by atoms with Crippen LogP contribution in [-0.2, 0) is 14.6 Å². The Balaban J connectivity index is 1.74. The summed E-state index contributed by atoms with van der Waals surface area (Å²) in [6, 6.07) is 8.84. The van der Waals surface area contributed by atoms with Crippen molar-refractivity contribution in [1.29, 1.82) is 0 Å². The molecule has 12 heteroatoms. The van der Waals surface area contributed by atoms with E-state index in [-0.39, 0.29) is 50.5 Å². The third kappa shape index (κ3) is 5.08. The van der Waals surface area contributed by atoms with Gasteiger partial charge in [0.25, 0.3) is 5.56 Å². The summed E-state index contributed by atoms with van der Waals surface area (Å²) in [5.74, 6) is -2.73. The predicted octanol–water partition coefficient (Wildman–Crippen LogP) is 1.02. The van der Waals surface area contributed by atoms with Gasteiger partial charge in [0.15, 0.2) is 15.0 Å². The van der Waals surface area contributed by atoms with Crippen LogP contribution in [0.15, 0.2) is 52.4 Å². The van der Waals surface area contributed by atoms with Crippen LogP contribution in [0.4, 0.5) is 4.39 Å². The second-order valence-electron chi connectivity index (χ2n) is 8.03. The minimum atomic E-state index is -3.19. The molecule has 1 amide bonds. The fraction of sp³-hybridized carbons (Fsp3) is 0.304. The molecule has 3 aromatic rings. The fourth-order valence-electron chi connectivity index (χ4n) is 4.10. The molecule has 0 aliphatic carbocycles. The zero-order chi connectivity index (χ0) is 25.3. The Morgan fingerprint density at radius 3 is 2.63 bits per heavy atom. The van der Waals surface area contributed by atoms with Gasteiger partial charge < -0.3 is 14.8 Å². The number of nitrogens with zero attached hydrogens (tertiary/aromatic N) is 3. The summed E-state index contributed by atoms with van der Waals surface area (Å²) in [4.78, 5) is 43.4. The van der Waals surface area contributed by atoms with E-state index in [1.54, 1.807) is 13.0 Å². The van der Waals surface area contributed by atoms with Crippen molar-refractivity contribution in [3.8, 4) is 5.69 Å². The molecule has 1 aliphatic rings. The summed E-state index contributed by atoms with van der Waals surface area (Å²) < 4.78 is 39.4. The van der Waals surface area contributed by atoms with Crippen LogP contribution < -0.4 is 10.7 Å². The number of carboxylic acids is 1. The lowest BCUT2D eigenvalue weighted by molar-refractivity contribution is -0.255. The highest BCUT2D eigenvalue weighted by Gasteiger charge is 2.34. The summed E-state index contributed by atoms with van der Waals surface area (Å²) in [6.07, 6.45) is 0.354. The average molecular weight is 519 g/mol. The first-order valence-corrected chi connectivity index (χ1v) is 13.6. The number of rotatable bonds is 7. The van der Waals surface area contributed by atoms with E-state index in [0.717, 1.165) is 16.3 Å². The summed E-state index contributed by atoms with van der Waals surface area (Å²) in [7, 11) is -3.19. The van der Waals surface area contributed by atoms with E-state index in [2.05, 4.69) is 4.98 Å². The van der Waals surface area contributed by atoms with E-state index in [9.17, 15) is 32.3 Å². The molecule has 0 bridgehead atoms. The average Bonchev–Trinajstić information content (AvgIpc) is 3.17. The van der Waals surface area contributed by atoms with Gasteiger partial charge in [0.05, 0.1) is 39.8 Å². The van der Waals surface area contributed by atoms with Gasteiger partial charge in [-0.1, -0.05) is 30.0 Å². The van der Waals surface area contributed by atoms with Crippen molar-refractivity contribution in [2.24, 2.45) is 0 Å². The Morgan fingerprint density at radius 2 is 2.00 bits per heavy atom. The molecule has 1 atom stereocenters. The predicted molar refractivity (Wildman–Crippen MR) is 127 cm³/mol. The van der Waals surface area contributed by atoms with Crippen molar-refractivity contribution in [1.82, 2.24) is 14.5 Å². The van der Waals surface area contributed by atoms with Crippen LogP contribution in [0, 0.1) is 5.82 Å². The van der Waals surface area contributed by atoms with Gasteiger partial charge in [0.1, 0.15) is 5.82 Å². The van der Waals surface area contributed by atoms with Crippen LogP contribution in [0.5, 0.6) is 0 Å². The Morgan fingerprint density at radius 1 is 1.26 bits per heavy atom. The number of thioether (sulfide) groups is 1. The number of carbonyl (C=O) groups excluding carboxylic acids is 2. The van der Waals surface area contributed by atoms with Crippen molar-refractivity contribution in [2.75, 3.05) is 23.8 Å². The van der Waals surface area contributed by atoms with Gasteiger partial charge in [0.2, 0.25) is 5.91 Å².